The maximum Gasteiger partial charge on any atom is 0.419 e. The van der Waals surface area contributed by atoms with E-state index in [9.17, 15) is 9.59 Å². The molecule has 0 saturated carbocycles. The highest BCUT2D eigenvalue weighted by Gasteiger charge is 2.12. The van der Waals surface area contributed by atoms with Crippen LogP contribution in [0.4, 0.5) is 0 Å². The molecule has 1 atom stereocenters. The van der Waals surface area contributed by atoms with Gasteiger partial charge in [0, 0.05) is 19.0 Å². The van der Waals surface area contributed by atoms with E-state index in [4.69, 9.17) is 15.9 Å². The van der Waals surface area contributed by atoms with Gasteiger partial charge in [0.1, 0.15) is 0 Å². The molecular weight excluding hydrogens is 270 g/mol. The fourth-order valence-electron chi connectivity index (χ4n) is 2.41. The molecule has 0 aliphatic rings. The van der Waals surface area contributed by atoms with Crippen molar-refractivity contribution in [3.8, 4) is 0 Å². The number of aromatic nitrogens is 1. The lowest BCUT2D eigenvalue weighted by molar-refractivity contribution is -0.118. The molecule has 6 nitrogen and oxygen atoms in total. The number of primary amides is 1. The number of hydrogen-bond acceptors (Lipinski definition) is 4. The van der Waals surface area contributed by atoms with Crippen molar-refractivity contribution in [3.63, 3.8) is 0 Å². The molecule has 0 radical (unpaired) electrons. The van der Waals surface area contributed by atoms with Gasteiger partial charge in [-0.25, -0.2) is 4.79 Å². The summed E-state index contributed by atoms with van der Waals surface area (Å²) < 4.78 is 6.89. The van der Waals surface area contributed by atoms with Crippen LogP contribution < -0.4 is 17.2 Å². The average Bonchev–Trinajstić information content (AvgIpc) is 2.74. The van der Waals surface area contributed by atoms with Gasteiger partial charge in [0.2, 0.25) is 5.91 Å². The zero-order chi connectivity index (χ0) is 15.4. The first-order valence-corrected chi connectivity index (χ1v) is 7.20. The maximum atomic E-state index is 11.8. The highest BCUT2D eigenvalue weighted by atomic mass is 16.4. The third-order valence-corrected chi connectivity index (χ3v) is 3.51. The van der Waals surface area contributed by atoms with Gasteiger partial charge in [0.15, 0.2) is 5.58 Å². The summed E-state index contributed by atoms with van der Waals surface area (Å²) in [6.07, 6.45) is 2.50. The number of carbonyl (C=O) groups excluding carboxylic acids is 1. The van der Waals surface area contributed by atoms with E-state index in [1.54, 1.807) is 10.6 Å². The van der Waals surface area contributed by atoms with Gasteiger partial charge in [0.05, 0.1) is 5.52 Å². The molecule has 0 bridgehead atoms. The van der Waals surface area contributed by atoms with Crippen LogP contribution in [0.3, 0.4) is 0 Å². The second-order valence-electron chi connectivity index (χ2n) is 5.21. The number of aryl methyl sites for hydroxylation is 1. The molecule has 0 fully saturated rings. The number of carbonyl (C=O) groups is 1. The Labute approximate surface area is 122 Å². The summed E-state index contributed by atoms with van der Waals surface area (Å²) in [5.41, 5.74) is 13.4. The van der Waals surface area contributed by atoms with Crippen molar-refractivity contribution < 1.29 is 9.21 Å². The van der Waals surface area contributed by atoms with Crippen LogP contribution in [-0.2, 0) is 11.3 Å². The third-order valence-electron chi connectivity index (χ3n) is 3.51. The minimum absolute atomic E-state index is 0.200. The molecule has 1 aromatic heterocycles. The van der Waals surface area contributed by atoms with Crippen molar-refractivity contribution in [3.05, 3.63) is 34.3 Å². The van der Waals surface area contributed by atoms with Crippen LogP contribution in [0.25, 0.3) is 11.1 Å². The Kier molecular flexibility index (Phi) is 4.80. The summed E-state index contributed by atoms with van der Waals surface area (Å²) in [5, 5.41) is 0. The van der Waals surface area contributed by atoms with Crippen LogP contribution in [-0.4, -0.2) is 10.5 Å². The molecule has 2 aromatic rings. The van der Waals surface area contributed by atoms with E-state index >= 15 is 0 Å². The monoisotopic (exact) mass is 291 g/mol. The van der Waals surface area contributed by atoms with Gasteiger partial charge < -0.3 is 15.9 Å². The molecule has 0 aliphatic carbocycles. The standard InChI is InChI=1S/C15H21N3O3/c1-2-8-18-12-7-6-10(9-13(12)21-15(18)20)11(16)4-3-5-14(17)19/h6-7,9,11H,2-5,8,16H2,1H3,(H2,17,19). The SMILES string of the molecule is CCCn1c(=O)oc2cc(C(N)CCCC(N)=O)ccc21. The van der Waals surface area contributed by atoms with Crippen molar-refractivity contribution in [2.75, 3.05) is 0 Å². The molecular formula is C15H21N3O3. The van der Waals surface area contributed by atoms with Crippen molar-refractivity contribution in [2.45, 2.75) is 45.2 Å². The van der Waals surface area contributed by atoms with E-state index in [1.165, 1.54) is 0 Å². The van der Waals surface area contributed by atoms with E-state index in [2.05, 4.69) is 0 Å². The lowest BCUT2D eigenvalue weighted by atomic mass is 10.0. The summed E-state index contributed by atoms with van der Waals surface area (Å²) in [4.78, 5) is 22.5. The molecule has 21 heavy (non-hydrogen) atoms. The normalized spacial score (nSPS) is 12.7. The van der Waals surface area contributed by atoms with Gasteiger partial charge in [-0.05, 0) is 37.0 Å². The Morgan fingerprint density at radius 3 is 2.86 bits per heavy atom. The average molecular weight is 291 g/mol. The highest BCUT2D eigenvalue weighted by Crippen LogP contribution is 2.22. The Morgan fingerprint density at radius 2 is 2.19 bits per heavy atom. The summed E-state index contributed by atoms with van der Waals surface area (Å²) in [7, 11) is 0. The predicted molar refractivity (Wildman–Crippen MR) is 80.7 cm³/mol. The lowest BCUT2D eigenvalue weighted by Gasteiger charge is -2.11. The Hall–Kier alpha value is -2.08. The predicted octanol–water partition coefficient (Wildman–Crippen LogP) is 1.66. The summed E-state index contributed by atoms with van der Waals surface area (Å²) in [6.45, 7) is 2.64. The van der Waals surface area contributed by atoms with Gasteiger partial charge in [-0.2, -0.15) is 0 Å². The minimum atomic E-state index is -0.341. The smallest absolute Gasteiger partial charge is 0.408 e. The number of fused-ring (bicyclic) bond motifs is 1. The topological polar surface area (TPSA) is 104 Å². The molecule has 1 heterocycles. The van der Waals surface area contributed by atoms with Crippen molar-refractivity contribution >= 4 is 17.0 Å². The first-order valence-electron chi connectivity index (χ1n) is 7.20. The summed E-state index contributed by atoms with van der Waals surface area (Å²) in [5.74, 6) is -0.661. The zero-order valence-corrected chi connectivity index (χ0v) is 12.2. The molecule has 1 amide bonds. The van der Waals surface area contributed by atoms with Crippen LogP contribution in [0.5, 0.6) is 0 Å². The Bertz CT molecular complexity index is 687. The largest absolute Gasteiger partial charge is 0.419 e. The number of oxazole rings is 1. The fourth-order valence-corrected chi connectivity index (χ4v) is 2.41. The third kappa shape index (κ3) is 3.52. The van der Waals surface area contributed by atoms with Gasteiger partial charge in [-0.1, -0.05) is 13.0 Å². The van der Waals surface area contributed by atoms with Crippen LogP contribution in [0.15, 0.2) is 27.4 Å². The van der Waals surface area contributed by atoms with Crippen molar-refractivity contribution in [1.82, 2.24) is 4.57 Å². The number of nitrogens with two attached hydrogens (primary N) is 2. The highest BCUT2D eigenvalue weighted by molar-refractivity contribution is 5.74. The maximum absolute atomic E-state index is 11.8. The first kappa shape index (κ1) is 15.3. The molecule has 0 spiro atoms. The van der Waals surface area contributed by atoms with Gasteiger partial charge >= 0.3 is 5.76 Å². The molecule has 1 unspecified atom stereocenters. The quantitative estimate of drug-likeness (QED) is 0.809. The molecule has 0 saturated heterocycles. The van der Waals surface area contributed by atoms with Gasteiger partial charge in [0.25, 0.3) is 0 Å². The van der Waals surface area contributed by atoms with Crippen LogP contribution in [0.2, 0.25) is 0 Å². The second kappa shape index (κ2) is 6.58. The number of amides is 1. The second-order valence-corrected chi connectivity index (χ2v) is 5.21. The molecule has 114 valence electrons. The van der Waals surface area contributed by atoms with Gasteiger partial charge in [-0.3, -0.25) is 9.36 Å². The number of benzene rings is 1. The van der Waals surface area contributed by atoms with E-state index in [0.29, 0.717) is 31.4 Å². The van der Waals surface area contributed by atoms with E-state index in [1.807, 2.05) is 19.1 Å². The summed E-state index contributed by atoms with van der Waals surface area (Å²) >= 11 is 0. The molecule has 2 rings (SSSR count). The van der Waals surface area contributed by atoms with Crippen LogP contribution >= 0.6 is 0 Å². The molecule has 1 aromatic carbocycles. The lowest BCUT2D eigenvalue weighted by Crippen LogP contribution is -2.14. The molecule has 4 N–H and O–H groups in total. The Balaban J connectivity index is 2.19. The molecule has 6 heteroatoms. The van der Waals surface area contributed by atoms with Crippen molar-refractivity contribution in [1.29, 1.82) is 0 Å². The van der Waals surface area contributed by atoms with Gasteiger partial charge in [-0.15, -0.1) is 0 Å². The number of rotatable bonds is 7. The fraction of sp³-hybridized carbons (Fsp3) is 0.467. The minimum Gasteiger partial charge on any atom is -0.408 e. The van der Waals surface area contributed by atoms with E-state index < -0.39 is 0 Å². The van der Waals surface area contributed by atoms with Crippen LogP contribution in [0, 0.1) is 0 Å². The first-order chi connectivity index (χ1) is 10.0. The Morgan fingerprint density at radius 1 is 1.43 bits per heavy atom. The zero-order valence-electron chi connectivity index (χ0n) is 12.2. The molecule has 0 aliphatic heterocycles. The van der Waals surface area contributed by atoms with E-state index in [-0.39, 0.29) is 17.7 Å². The van der Waals surface area contributed by atoms with Crippen molar-refractivity contribution in [2.24, 2.45) is 11.5 Å². The summed E-state index contributed by atoms with van der Waals surface area (Å²) in [6, 6.07) is 5.36. The number of hydrogen-bond donors (Lipinski definition) is 2. The van der Waals surface area contributed by atoms with Crippen LogP contribution in [0.1, 0.15) is 44.2 Å². The van der Waals surface area contributed by atoms with E-state index in [0.717, 1.165) is 17.5 Å². The number of nitrogens with zero attached hydrogens (tertiary/aromatic N) is 1.